The molecule has 1 unspecified atom stereocenters. The molecule has 5 rings (SSSR count). The van der Waals surface area contributed by atoms with Crippen LogP contribution in [0.2, 0.25) is 0 Å². The lowest BCUT2D eigenvalue weighted by Crippen LogP contribution is -2.07. The highest BCUT2D eigenvalue weighted by Crippen LogP contribution is 2.46. The van der Waals surface area contributed by atoms with E-state index >= 15 is 0 Å². The van der Waals surface area contributed by atoms with E-state index in [2.05, 4.69) is 28.1 Å². The molecule has 3 aromatic carbocycles. The standard InChI is InChI=1S/C26H22BrF3OS.C2H4O2/c1-14-12-17(26(28,29)30)13-15(2)23(14)20-5-3-4-19-18(20)7-9-21(19)31-22-8-6-16-10-11-32-25(16)24(22)27;1-2(3)4/h3-6,8,12-13,21H,7,9-11H2,1-2H3;1H3,(H,3,4). The number of carboxylic acid groups (broad SMARTS) is 1. The summed E-state index contributed by atoms with van der Waals surface area (Å²) in [5.41, 5.74) is 6.27. The third-order valence-corrected chi connectivity index (χ3v) is 8.59. The van der Waals surface area contributed by atoms with Crippen molar-refractivity contribution in [3.8, 4) is 16.9 Å². The van der Waals surface area contributed by atoms with Crippen LogP contribution in [0.3, 0.4) is 0 Å². The number of aliphatic carboxylic acids is 1. The molecule has 0 radical (unpaired) electrons. The lowest BCUT2D eigenvalue weighted by Gasteiger charge is -2.19. The third kappa shape index (κ3) is 5.44. The Balaban J connectivity index is 0.000000709. The number of halogens is 4. The Morgan fingerprint density at radius 3 is 2.42 bits per heavy atom. The number of alkyl halides is 3. The van der Waals surface area contributed by atoms with Crippen LogP contribution in [-0.2, 0) is 23.8 Å². The maximum atomic E-state index is 13.3. The van der Waals surface area contributed by atoms with Crippen molar-refractivity contribution in [3.63, 3.8) is 0 Å². The summed E-state index contributed by atoms with van der Waals surface area (Å²) in [5, 5.41) is 7.42. The molecular formula is C28H26BrF3O3S. The molecule has 1 aliphatic heterocycles. The molecule has 0 fully saturated rings. The topological polar surface area (TPSA) is 46.5 Å². The van der Waals surface area contributed by atoms with Crippen LogP contribution in [0.4, 0.5) is 13.2 Å². The number of carboxylic acids is 1. The van der Waals surface area contributed by atoms with Crippen molar-refractivity contribution < 1.29 is 27.8 Å². The second kappa shape index (κ2) is 10.5. The third-order valence-electron chi connectivity index (χ3n) is 6.38. The van der Waals surface area contributed by atoms with Gasteiger partial charge in [0.15, 0.2) is 0 Å². The molecule has 0 saturated carbocycles. The van der Waals surface area contributed by atoms with E-state index in [1.54, 1.807) is 13.8 Å². The molecule has 3 nitrogen and oxygen atoms in total. The van der Waals surface area contributed by atoms with E-state index in [1.165, 1.54) is 28.2 Å². The minimum Gasteiger partial charge on any atom is -0.484 e. The number of benzene rings is 3. The summed E-state index contributed by atoms with van der Waals surface area (Å²) in [7, 11) is 0. The zero-order chi connectivity index (χ0) is 26.2. The van der Waals surface area contributed by atoms with Gasteiger partial charge >= 0.3 is 6.18 Å². The average Bonchev–Trinajstić information content (AvgIpc) is 3.42. The number of ether oxygens (including phenoxy) is 1. The molecule has 0 spiro atoms. The molecule has 190 valence electrons. The smallest absolute Gasteiger partial charge is 0.416 e. The lowest BCUT2D eigenvalue weighted by atomic mass is 9.89. The predicted molar refractivity (Wildman–Crippen MR) is 140 cm³/mol. The summed E-state index contributed by atoms with van der Waals surface area (Å²) in [6.45, 7) is 4.61. The summed E-state index contributed by atoms with van der Waals surface area (Å²) in [6, 6.07) is 12.8. The molecule has 8 heteroatoms. The maximum absolute atomic E-state index is 13.3. The summed E-state index contributed by atoms with van der Waals surface area (Å²) >= 11 is 5.59. The van der Waals surface area contributed by atoms with Crippen molar-refractivity contribution in [3.05, 3.63) is 80.3 Å². The van der Waals surface area contributed by atoms with Gasteiger partial charge in [0, 0.05) is 17.6 Å². The molecule has 0 saturated heterocycles. The first kappa shape index (κ1) is 26.6. The molecule has 1 aliphatic carbocycles. The minimum absolute atomic E-state index is 0.0687. The van der Waals surface area contributed by atoms with Gasteiger partial charge in [0.2, 0.25) is 0 Å². The van der Waals surface area contributed by atoms with Crippen molar-refractivity contribution in [2.75, 3.05) is 5.75 Å². The molecule has 1 heterocycles. The quantitative estimate of drug-likeness (QED) is 0.338. The van der Waals surface area contributed by atoms with E-state index in [9.17, 15) is 13.2 Å². The number of rotatable bonds is 3. The highest BCUT2D eigenvalue weighted by molar-refractivity contribution is 9.10. The Morgan fingerprint density at radius 1 is 1.11 bits per heavy atom. The molecule has 2 aliphatic rings. The number of fused-ring (bicyclic) bond motifs is 2. The van der Waals surface area contributed by atoms with Crippen molar-refractivity contribution >= 4 is 33.7 Å². The first-order valence-corrected chi connectivity index (χ1v) is 13.4. The molecule has 3 aromatic rings. The highest BCUT2D eigenvalue weighted by Gasteiger charge is 2.33. The molecule has 0 aromatic heterocycles. The fourth-order valence-corrected chi connectivity index (χ4v) is 6.90. The van der Waals surface area contributed by atoms with Gasteiger partial charge in [0.05, 0.1) is 10.0 Å². The summed E-state index contributed by atoms with van der Waals surface area (Å²) in [5.74, 6) is 1.11. The molecule has 0 bridgehead atoms. The van der Waals surface area contributed by atoms with Gasteiger partial charge in [0.1, 0.15) is 11.9 Å². The van der Waals surface area contributed by atoms with Crippen LogP contribution < -0.4 is 4.74 Å². The zero-order valence-corrected chi connectivity index (χ0v) is 22.5. The van der Waals surface area contributed by atoms with E-state index in [0.29, 0.717) is 11.1 Å². The van der Waals surface area contributed by atoms with Crippen molar-refractivity contribution in [2.24, 2.45) is 0 Å². The highest BCUT2D eigenvalue weighted by atomic mass is 79.9. The van der Waals surface area contributed by atoms with Crippen LogP contribution in [0.25, 0.3) is 11.1 Å². The number of aryl methyl sites for hydroxylation is 3. The van der Waals surface area contributed by atoms with E-state index in [4.69, 9.17) is 14.6 Å². The van der Waals surface area contributed by atoms with Gasteiger partial charge in [-0.25, -0.2) is 0 Å². The minimum atomic E-state index is -4.34. The summed E-state index contributed by atoms with van der Waals surface area (Å²) < 4.78 is 47.2. The van der Waals surface area contributed by atoms with Crippen molar-refractivity contribution in [2.45, 2.75) is 57.2 Å². The maximum Gasteiger partial charge on any atom is 0.416 e. The normalized spacial score (nSPS) is 16.1. The Labute approximate surface area is 221 Å². The van der Waals surface area contributed by atoms with Crippen LogP contribution in [0.1, 0.15) is 52.8 Å². The fourth-order valence-electron chi connectivity index (χ4n) is 4.96. The Kier molecular flexibility index (Phi) is 7.76. The van der Waals surface area contributed by atoms with Gasteiger partial charge in [-0.05, 0) is 106 Å². The largest absolute Gasteiger partial charge is 0.484 e. The number of thioether (sulfide) groups is 1. The molecule has 36 heavy (non-hydrogen) atoms. The van der Waals surface area contributed by atoms with Gasteiger partial charge in [-0.15, -0.1) is 11.8 Å². The SMILES string of the molecule is CC(=O)O.Cc1cc(C(F)(F)F)cc(C)c1-c1cccc2c1CCC2Oc1ccc2c(c1Br)SCC2. The van der Waals surface area contributed by atoms with Gasteiger partial charge < -0.3 is 9.84 Å². The number of hydrogen-bond donors (Lipinski definition) is 1. The number of hydrogen-bond acceptors (Lipinski definition) is 3. The first-order valence-electron chi connectivity index (χ1n) is 11.6. The Morgan fingerprint density at radius 2 is 1.78 bits per heavy atom. The van der Waals surface area contributed by atoms with Crippen LogP contribution >= 0.6 is 27.7 Å². The van der Waals surface area contributed by atoms with Gasteiger partial charge in [-0.2, -0.15) is 13.2 Å². The Bertz CT molecular complexity index is 1290. The molecule has 0 amide bonds. The summed E-state index contributed by atoms with van der Waals surface area (Å²) in [6.07, 6.45) is -1.64. The zero-order valence-electron chi connectivity index (χ0n) is 20.1. The van der Waals surface area contributed by atoms with E-state index in [-0.39, 0.29) is 6.10 Å². The molecule has 1 N–H and O–H groups in total. The van der Waals surface area contributed by atoms with Crippen molar-refractivity contribution in [1.82, 2.24) is 0 Å². The first-order chi connectivity index (χ1) is 17.0. The van der Waals surface area contributed by atoms with E-state index in [0.717, 1.165) is 58.9 Å². The fraction of sp³-hybridized carbons (Fsp3) is 0.321. The number of carbonyl (C=O) groups is 1. The second-order valence-corrected chi connectivity index (χ2v) is 10.9. The second-order valence-electron chi connectivity index (χ2n) is 8.98. The average molecular weight is 579 g/mol. The monoisotopic (exact) mass is 578 g/mol. The van der Waals surface area contributed by atoms with Crippen molar-refractivity contribution in [1.29, 1.82) is 0 Å². The predicted octanol–water partition coefficient (Wildman–Crippen LogP) is 8.56. The molecular weight excluding hydrogens is 553 g/mol. The lowest BCUT2D eigenvalue weighted by molar-refractivity contribution is -0.137. The molecule has 1 atom stereocenters. The summed E-state index contributed by atoms with van der Waals surface area (Å²) in [4.78, 5) is 10.3. The van der Waals surface area contributed by atoms with E-state index in [1.807, 2.05) is 30.0 Å². The van der Waals surface area contributed by atoms with Gasteiger partial charge in [-0.3, -0.25) is 4.79 Å². The Hall–Kier alpha value is -2.45. The van der Waals surface area contributed by atoms with Gasteiger partial charge in [0.25, 0.3) is 5.97 Å². The van der Waals surface area contributed by atoms with Crippen LogP contribution in [-0.4, -0.2) is 16.8 Å². The van der Waals surface area contributed by atoms with Crippen LogP contribution in [0.5, 0.6) is 5.75 Å². The van der Waals surface area contributed by atoms with Crippen LogP contribution in [0.15, 0.2) is 51.8 Å². The van der Waals surface area contributed by atoms with Gasteiger partial charge in [-0.1, -0.05) is 24.3 Å². The van der Waals surface area contributed by atoms with Crippen LogP contribution in [0, 0.1) is 13.8 Å². The van der Waals surface area contributed by atoms with E-state index < -0.39 is 17.7 Å².